The lowest BCUT2D eigenvalue weighted by atomic mass is 9.95. The number of carbonyl (C=O) groups excluding carboxylic acids is 2. The van der Waals surface area contributed by atoms with E-state index in [0.717, 1.165) is 25.7 Å². The average molecular weight is 354 g/mol. The summed E-state index contributed by atoms with van der Waals surface area (Å²) in [7, 11) is -3.81. The molecule has 1 amide bonds. The van der Waals surface area contributed by atoms with Crippen molar-refractivity contribution in [3.8, 4) is 0 Å². The molecule has 0 radical (unpaired) electrons. The van der Waals surface area contributed by atoms with Gasteiger partial charge in [0.15, 0.2) is 6.10 Å². The summed E-state index contributed by atoms with van der Waals surface area (Å²) in [5.41, 5.74) is 0.153. The second kappa shape index (κ2) is 7.76. The molecule has 0 heterocycles. The van der Waals surface area contributed by atoms with Gasteiger partial charge >= 0.3 is 5.97 Å². The van der Waals surface area contributed by atoms with E-state index < -0.39 is 22.1 Å². The number of ether oxygens (including phenoxy) is 1. The molecular weight excluding hydrogens is 332 g/mol. The largest absolute Gasteiger partial charge is 0.449 e. The first-order chi connectivity index (χ1) is 11.3. The van der Waals surface area contributed by atoms with Crippen LogP contribution in [0.2, 0.25) is 0 Å². The van der Waals surface area contributed by atoms with Crippen molar-refractivity contribution in [3.63, 3.8) is 0 Å². The van der Waals surface area contributed by atoms with Crippen LogP contribution in [0.25, 0.3) is 0 Å². The number of amides is 1. The summed E-state index contributed by atoms with van der Waals surface area (Å²) in [5, 5.41) is 7.89. The van der Waals surface area contributed by atoms with Crippen LogP contribution in [0.1, 0.15) is 49.4 Å². The lowest BCUT2D eigenvalue weighted by molar-refractivity contribution is -0.130. The van der Waals surface area contributed by atoms with Crippen LogP contribution in [0.15, 0.2) is 29.2 Å². The fourth-order valence-corrected chi connectivity index (χ4v) is 3.14. The monoisotopic (exact) mass is 354 g/mol. The number of hydrogen-bond donors (Lipinski definition) is 2. The zero-order chi connectivity index (χ0) is 17.7. The molecule has 0 spiro atoms. The van der Waals surface area contributed by atoms with Gasteiger partial charge in [0.1, 0.15) is 0 Å². The van der Waals surface area contributed by atoms with Crippen molar-refractivity contribution in [2.24, 2.45) is 5.14 Å². The summed E-state index contributed by atoms with van der Waals surface area (Å²) in [6.07, 6.45) is 4.34. The van der Waals surface area contributed by atoms with Crippen molar-refractivity contribution in [2.45, 2.75) is 56.1 Å². The van der Waals surface area contributed by atoms with E-state index in [0.29, 0.717) is 0 Å². The van der Waals surface area contributed by atoms with Crippen LogP contribution >= 0.6 is 0 Å². The molecule has 2 rings (SSSR count). The van der Waals surface area contributed by atoms with Gasteiger partial charge in [-0.2, -0.15) is 0 Å². The lowest BCUT2D eigenvalue weighted by Gasteiger charge is -2.24. The number of sulfonamides is 1. The highest BCUT2D eigenvalue weighted by Gasteiger charge is 2.23. The van der Waals surface area contributed by atoms with E-state index in [1.807, 2.05) is 0 Å². The third-order valence-electron chi connectivity index (χ3n) is 4.02. The maximum absolute atomic E-state index is 12.1. The van der Waals surface area contributed by atoms with Crippen molar-refractivity contribution in [1.29, 1.82) is 0 Å². The Balaban J connectivity index is 1.91. The van der Waals surface area contributed by atoms with Gasteiger partial charge in [-0.25, -0.2) is 18.4 Å². The Morgan fingerprint density at radius 3 is 2.29 bits per heavy atom. The molecule has 1 aromatic carbocycles. The molecule has 1 unspecified atom stereocenters. The number of primary sulfonamides is 1. The predicted octanol–water partition coefficient (Wildman–Crippen LogP) is 1.33. The van der Waals surface area contributed by atoms with E-state index >= 15 is 0 Å². The van der Waals surface area contributed by atoms with Crippen LogP contribution in [0.3, 0.4) is 0 Å². The third kappa shape index (κ3) is 5.04. The quantitative estimate of drug-likeness (QED) is 0.774. The van der Waals surface area contributed by atoms with Gasteiger partial charge in [0.05, 0.1) is 10.5 Å². The van der Waals surface area contributed by atoms with Crippen LogP contribution in [0, 0.1) is 0 Å². The highest BCUT2D eigenvalue weighted by molar-refractivity contribution is 7.89. The molecular formula is C16H22N2O5S. The summed E-state index contributed by atoms with van der Waals surface area (Å²) in [5.74, 6) is -1.02. The molecule has 1 atom stereocenters. The number of benzene rings is 1. The molecule has 3 N–H and O–H groups in total. The number of rotatable bonds is 5. The number of carbonyl (C=O) groups is 2. The first kappa shape index (κ1) is 18.4. The number of nitrogens with two attached hydrogens (primary N) is 1. The van der Waals surface area contributed by atoms with E-state index in [4.69, 9.17) is 9.88 Å². The molecule has 8 heteroatoms. The predicted molar refractivity (Wildman–Crippen MR) is 87.7 cm³/mol. The normalized spacial score (nSPS) is 17.1. The zero-order valence-corrected chi connectivity index (χ0v) is 14.3. The molecule has 24 heavy (non-hydrogen) atoms. The maximum atomic E-state index is 12.1. The molecule has 1 aliphatic rings. The minimum Gasteiger partial charge on any atom is -0.449 e. The molecule has 7 nitrogen and oxygen atoms in total. The Hall–Kier alpha value is -1.93. The van der Waals surface area contributed by atoms with Gasteiger partial charge in [-0.05, 0) is 44.0 Å². The highest BCUT2D eigenvalue weighted by Crippen LogP contribution is 2.17. The third-order valence-corrected chi connectivity index (χ3v) is 4.95. The molecule has 132 valence electrons. The van der Waals surface area contributed by atoms with Crippen molar-refractivity contribution in [2.75, 3.05) is 0 Å². The van der Waals surface area contributed by atoms with Gasteiger partial charge in [0, 0.05) is 6.04 Å². The average Bonchev–Trinajstić information content (AvgIpc) is 2.55. The van der Waals surface area contributed by atoms with E-state index in [1.165, 1.54) is 37.6 Å². The van der Waals surface area contributed by atoms with Gasteiger partial charge in [-0.15, -0.1) is 0 Å². The van der Waals surface area contributed by atoms with Gasteiger partial charge in [-0.1, -0.05) is 19.3 Å². The molecule has 1 aliphatic carbocycles. The van der Waals surface area contributed by atoms with Crippen LogP contribution in [0.5, 0.6) is 0 Å². The Bertz CT molecular complexity index is 694. The van der Waals surface area contributed by atoms with Crippen LogP contribution < -0.4 is 10.5 Å². The SMILES string of the molecule is CC(OC(=O)c1ccc(S(N)(=O)=O)cc1)C(=O)NC1CCCCC1. The topological polar surface area (TPSA) is 116 Å². The summed E-state index contributed by atoms with van der Waals surface area (Å²) in [4.78, 5) is 24.0. The minimum atomic E-state index is -3.81. The summed E-state index contributed by atoms with van der Waals surface area (Å²) >= 11 is 0. The molecule has 1 aromatic rings. The standard InChI is InChI=1S/C16H22N2O5S/c1-11(15(19)18-13-5-3-2-4-6-13)23-16(20)12-7-9-14(10-8-12)24(17,21)22/h7-11,13H,2-6H2,1H3,(H,18,19)(H2,17,21,22). The Morgan fingerprint density at radius 1 is 1.17 bits per heavy atom. The number of esters is 1. The van der Waals surface area contributed by atoms with Gasteiger partial charge < -0.3 is 10.1 Å². The smallest absolute Gasteiger partial charge is 0.338 e. The fraction of sp³-hybridized carbons (Fsp3) is 0.500. The van der Waals surface area contributed by atoms with Crippen molar-refractivity contribution >= 4 is 21.9 Å². The number of hydrogen-bond acceptors (Lipinski definition) is 5. The maximum Gasteiger partial charge on any atom is 0.338 e. The second-order valence-corrected chi connectivity index (χ2v) is 7.52. The number of nitrogens with one attached hydrogen (secondary N) is 1. The highest BCUT2D eigenvalue weighted by atomic mass is 32.2. The Kier molecular flexibility index (Phi) is 5.95. The van der Waals surface area contributed by atoms with Crippen molar-refractivity contribution < 1.29 is 22.7 Å². The van der Waals surface area contributed by atoms with Crippen LogP contribution in [0.4, 0.5) is 0 Å². The molecule has 0 aromatic heterocycles. The second-order valence-electron chi connectivity index (χ2n) is 5.96. The Morgan fingerprint density at radius 2 is 1.75 bits per heavy atom. The summed E-state index contributed by atoms with van der Waals surface area (Å²) in [6.45, 7) is 1.51. The van der Waals surface area contributed by atoms with Crippen molar-refractivity contribution in [1.82, 2.24) is 5.32 Å². The van der Waals surface area contributed by atoms with Gasteiger partial charge in [-0.3, -0.25) is 4.79 Å². The van der Waals surface area contributed by atoms with E-state index in [-0.39, 0.29) is 22.4 Å². The van der Waals surface area contributed by atoms with Crippen LogP contribution in [-0.2, 0) is 19.6 Å². The van der Waals surface area contributed by atoms with Gasteiger partial charge in [0.25, 0.3) is 5.91 Å². The van der Waals surface area contributed by atoms with Crippen molar-refractivity contribution in [3.05, 3.63) is 29.8 Å². The van der Waals surface area contributed by atoms with E-state index in [1.54, 1.807) is 0 Å². The summed E-state index contributed by atoms with van der Waals surface area (Å²) in [6, 6.07) is 5.18. The zero-order valence-electron chi connectivity index (χ0n) is 13.5. The lowest BCUT2D eigenvalue weighted by Crippen LogP contribution is -2.42. The summed E-state index contributed by atoms with van der Waals surface area (Å²) < 4.78 is 27.5. The first-order valence-electron chi connectivity index (χ1n) is 7.91. The molecule has 1 fully saturated rings. The molecule has 0 saturated heterocycles. The molecule has 0 aliphatic heterocycles. The van der Waals surface area contributed by atoms with Crippen LogP contribution in [-0.4, -0.2) is 32.4 Å². The minimum absolute atomic E-state index is 0.0952. The van der Waals surface area contributed by atoms with E-state index in [9.17, 15) is 18.0 Å². The first-order valence-corrected chi connectivity index (χ1v) is 9.46. The van der Waals surface area contributed by atoms with Gasteiger partial charge in [0.2, 0.25) is 10.0 Å². The van der Waals surface area contributed by atoms with E-state index in [2.05, 4.69) is 5.32 Å². The fourth-order valence-electron chi connectivity index (χ4n) is 2.63. The molecule has 1 saturated carbocycles. The molecule has 0 bridgehead atoms. The Labute approximate surface area is 141 Å².